The van der Waals surface area contributed by atoms with E-state index in [1.165, 1.54) is 7.11 Å². The van der Waals surface area contributed by atoms with Crippen molar-refractivity contribution >= 4 is 39.0 Å². The van der Waals surface area contributed by atoms with Gasteiger partial charge in [-0.1, -0.05) is 6.07 Å². The first kappa shape index (κ1) is 24.0. The molecule has 0 aliphatic carbocycles. The smallest absolute Gasteiger partial charge is 0.359 e. The maximum Gasteiger partial charge on any atom is 0.359 e. The summed E-state index contributed by atoms with van der Waals surface area (Å²) in [6.45, 7) is 4.22. The van der Waals surface area contributed by atoms with Crippen LogP contribution < -0.4 is 20.3 Å². The average molecular weight is 494 g/mol. The molecule has 0 spiro atoms. The Kier molecular flexibility index (Phi) is 7.11. The molecular formula is C25H23N3O6S. The number of nitrogens with zero attached hydrogens (tertiary/aromatic N) is 2. The minimum absolute atomic E-state index is 0.0258. The molecule has 0 fully saturated rings. The van der Waals surface area contributed by atoms with E-state index in [2.05, 4.69) is 10.4 Å². The van der Waals surface area contributed by atoms with E-state index in [4.69, 9.17) is 14.2 Å². The number of thiophene rings is 1. The van der Waals surface area contributed by atoms with Crippen molar-refractivity contribution in [3.8, 4) is 17.2 Å². The fraction of sp³-hybridized carbons (Fsp3) is 0.200. The molecule has 0 unspecified atom stereocenters. The third-order valence-corrected chi connectivity index (χ3v) is 5.97. The number of carbonyl (C=O) groups is 2. The van der Waals surface area contributed by atoms with Crippen molar-refractivity contribution in [3.63, 3.8) is 0 Å². The predicted octanol–water partition coefficient (Wildman–Crippen LogP) is 4.28. The van der Waals surface area contributed by atoms with Gasteiger partial charge in [0.1, 0.15) is 16.5 Å². The first-order chi connectivity index (χ1) is 17.0. The summed E-state index contributed by atoms with van der Waals surface area (Å²) in [5.41, 5.74) is 0.270. The number of fused-ring (bicyclic) bond motifs is 1. The van der Waals surface area contributed by atoms with Gasteiger partial charge in [0.25, 0.3) is 11.5 Å². The summed E-state index contributed by atoms with van der Waals surface area (Å²) in [6.07, 6.45) is 0. The van der Waals surface area contributed by atoms with E-state index >= 15 is 0 Å². The average Bonchev–Trinajstić information content (AvgIpc) is 3.29. The predicted molar refractivity (Wildman–Crippen MR) is 133 cm³/mol. The zero-order valence-corrected chi connectivity index (χ0v) is 20.2. The Hall–Kier alpha value is -4.18. The van der Waals surface area contributed by atoms with Crippen LogP contribution in [0, 0.1) is 0 Å². The molecule has 0 saturated carbocycles. The molecule has 180 valence electrons. The summed E-state index contributed by atoms with van der Waals surface area (Å²) in [7, 11) is 1.51. The van der Waals surface area contributed by atoms with Crippen LogP contribution in [0.1, 0.15) is 34.7 Å². The highest BCUT2D eigenvalue weighted by molar-refractivity contribution is 7.16. The van der Waals surface area contributed by atoms with E-state index < -0.39 is 17.4 Å². The second kappa shape index (κ2) is 10.4. The molecule has 0 saturated heterocycles. The maximum absolute atomic E-state index is 13.5. The molecule has 0 atom stereocenters. The van der Waals surface area contributed by atoms with Crippen LogP contribution in [0.3, 0.4) is 0 Å². The molecule has 0 radical (unpaired) electrons. The van der Waals surface area contributed by atoms with E-state index in [-0.39, 0.29) is 17.7 Å². The third kappa shape index (κ3) is 4.87. The number of hydrogen-bond acceptors (Lipinski definition) is 8. The van der Waals surface area contributed by atoms with Crippen molar-refractivity contribution in [2.75, 3.05) is 25.6 Å². The summed E-state index contributed by atoms with van der Waals surface area (Å²) in [6, 6.07) is 13.4. The summed E-state index contributed by atoms with van der Waals surface area (Å²) in [4.78, 5) is 39.1. The molecule has 0 aliphatic heterocycles. The van der Waals surface area contributed by atoms with E-state index in [1.54, 1.807) is 60.8 Å². The highest BCUT2D eigenvalue weighted by Gasteiger charge is 2.23. The number of nitrogens with one attached hydrogen (secondary N) is 1. The Morgan fingerprint density at radius 3 is 2.51 bits per heavy atom. The number of esters is 1. The minimum atomic E-state index is -0.670. The topological polar surface area (TPSA) is 109 Å². The lowest BCUT2D eigenvalue weighted by atomic mass is 10.2. The lowest BCUT2D eigenvalue weighted by Crippen LogP contribution is -2.25. The quantitative estimate of drug-likeness (QED) is 0.365. The van der Waals surface area contributed by atoms with Crippen molar-refractivity contribution in [1.82, 2.24) is 9.78 Å². The molecular weight excluding hydrogens is 470 g/mol. The molecule has 2 aromatic carbocycles. The standard InChI is InChI=1S/C25H23N3O6S/c1-4-33-17-11-9-15(10-12-17)22(29)26-23-20-19(14-35-23)21(25(31)34-5-2)27-28(24(20)30)16-7-6-8-18(13-16)32-3/h6-14H,4-5H2,1-3H3,(H,26,29). The van der Waals surface area contributed by atoms with Crippen molar-refractivity contribution in [2.24, 2.45) is 0 Å². The highest BCUT2D eigenvalue weighted by atomic mass is 32.1. The van der Waals surface area contributed by atoms with Gasteiger partial charge < -0.3 is 19.5 Å². The molecule has 10 heteroatoms. The molecule has 35 heavy (non-hydrogen) atoms. The van der Waals surface area contributed by atoms with E-state index in [1.807, 2.05) is 6.92 Å². The number of methoxy groups -OCH3 is 1. The fourth-order valence-electron chi connectivity index (χ4n) is 3.45. The van der Waals surface area contributed by atoms with Crippen molar-refractivity contribution in [3.05, 3.63) is 75.5 Å². The van der Waals surface area contributed by atoms with Crippen LogP contribution in [0.15, 0.2) is 58.7 Å². The highest BCUT2D eigenvalue weighted by Crippen LogP contribution is 2.31. The van der Waals surface area contributed by atoms with Gasteiger partial charge in [-0.3, -0.25) is 9.59 Å². The summed E-state index contributed by atoms with van der Waals surface area (Å²) in [5.74, 6) is 0.0928. The van der Waals surface area contributed by atoms with Crippen LogP contribution in [0.4, 0.5) is 5.00 Å². The number of anilines is 1. The molecule has 4 aromatic rings. The monoisotopic (exact) mass is 493 g/mol. The van der Waals surface area contributed by atoms with Gasteiger partial charge in [-0.15, -0.1) is 11.3 Å². The molecule has 9 nitrogen and oxygen atoms in total. The number of aromatic nitrogens is 2. The van der Waals surface area contributed by atoms with Gasteiger partial charge in [0.05, 0.1) is 31.4 Å². The summed E-state index contributed by atoms with van der Waals surface area (Å²) in [5, 5.41) is 9.47. The number of ether oxygens (including phenoxy) is 3. The van der Waals surface area contributed by atoms with Crippen LogP contribution in [0.2, 0.25) is 0 Å². The van der Waals surface area contributed by atoms with Gasteiger partial charge in [-0.05, 0) is 50.2 Å². The maximum atomic E-state index is 13.5. The van der Waals surface area contributed by atoms with Crippen LogP contribution in [0.5, 0.6) is 11.5 Å². The Morgan fingerprint density at radius 2 is 1.83 bits per heavy atom. The molecule has 0 bridgehead atoms. The first-order valence-electron chi connectivity index (χ1n) is 10.9. The molecule has 0 aliphatic rings. The third-order valence-electron chi connectivity index (χ3n) is 5.07. The second-order valence-electron chi connectivity index (χ2n) is 7.25. The van der Waals surface area contributed by atoms with Gasteiger partial charge in [0.15, 0.2) is 5.69 Å². The zero-order valence-electron chi connectivity index (χ0n) is 19.4. The Morgan fingerprint density at radius 1 is 1.06 bits per heavy atom. The minimum Gasteiger partial charge on any atom is -0.497 e. The summed E-state index contributed by atoms with van der Waals surface area (Å²) >= 11 is 1.13. The first-order valence-corrected chi connectivity index (χ1v) is 11.7. The molecule has 1 N–H and O–H groups in total. The fourth-order valence-corrected chi connectivity index (χ4v) is 4.39. The Balaban J connectivity index is 1.81. The SMILES string of the molecule is CCOC(=O)c1nn(-c2cccc(OC)c2)c(=O)c2c(NC(=O)c3ccc(OCC)cc3)scc12. The molecule has 1 amide bonds. The zero-order chi connectivity index (χ0) is 24.9. The van der Waals surface area contributed by atoms with Crippen molar-refractivity contribution in [2.45, 2.75) is 13.8 Å². The molecule has 2 aromatic heterocycles. The number of carbonyl (C=O) groups excluding carboxylic acids is 2. The lowest BCUT2D eigenvalue weighted by molar-refractivity contribution is 0.0520. The van der Waals surface area contributed by atoms with Gasteiger partial charge in [0.2, 0.25) is 0 Å². The van der Waals surface area contributed by atoms with Crippen LogP contribution in [-0.2, 0) is 4.74 Å². The van der Waals surface area contributed by atoms with Crippen LogP contribution >= 0.6 is 11.3 Å². The Bertz CT molecular complexity index is 1440. The van der Waals surface area contributed by atoms with E-state index in [0.29, 0.717) is 39.7 Å². The van der Waals surface area contributed by atoms with E-state index in [0.717, 1.165) is 16.0 Å². The van der Waals surface area contributed by atoms with Gasteiger partial charge in [-0.25, -0.2) is 4.79 Å². The molecule has 2 heterocycles. The van der Waals surface area contributed by atoms with Crippen LogP contribution in [0.25, 0.3) is 16.5 Å². The number of hydrogen-bond donors (Lipinski definition) is 1. The van der Waals surface area contributed by atoms with Gasteiger partial charge >= 0.3 is 5.97 Å². The van der Waals surface area contributed by atoms with Gasteiger partial charge in [0, 0.05) is 22.4 Å². The van der Waals surface area contributed by atoms with Crippen molar-refractivity contribution in [1.29, 1.82) is 0 Å². The van der Waals surface area contributed by atoms with Crippen LogP contribution in [-0.4, -0.2) is 42.0 Å². The molecule has 4 rings (SSSR count). The normalized spacial score (nSPS) is 10.7. The lowest BCUT2D eigenvalue weighted by Gasteiger charge is -2.11. The van der Waals surface area contributed by atoms with E-state index in [9.17, 15) is 14.4 Å². The largest absolute Gasteiger partial charge is 0.497 e. The van der Waals surface area contributed by atoms with Gasteiger partial charge in [-0.2, -0.15) is 9.78 Å². The number of rotatable bonds is 8. The second-order valence-corrected chi connectivity index (χ2v) is 8.13. The number of benzene rings is 2. The van der Waals surface area contributed by atoms with Crippen molar-refractivity contribution < 1.29 is 23.8 Å². The Labute approximate surface area is 204 Å². The number of amides is 1. The summed E-state index contributed by atoms with van der Waals surface area (Å²) < 4.78 is 16.9.